The number of hydrogen-bond donors (Lipinski definition) is 3. The summed E-state index contributed by atoms with van der Waals surface area (Å²) in [6, 6.07) is 6.98. The minimum Gasteiger partial charge on any atom is -0.399 e. The fourth-order valence-corrected chi connectivity index (χ4v) is 1.91. The first kappa shape index (κ1) is 11.8. The summed E-state index contributed by atoms with van der Waals surface area (Å²) in [4.78, 5) is 11.5. The lowest BCUT2D eigenvalue weighted by atomic mass is 9.83. The van der Waals surface area contributed by atoms with Gasteiger partial charge in [0.2, 0.25) is 0 Å². The van der Waals surface area contributed by atoms with Crippen LogP contribution in [0.25, 0.3) is 0 Å². The quantitative estimate of drug-likeness (QED) is 0.700. The summed E-state index contributed by atoms with van der Waals surface area (Å²) in [5.74, 6) is 0.826. The molecule has 4 nitrogen and oxygen atoms in total. The molecule has 1 fully saturated rings. The van der Waals surface area contributed by atoms with Gasteiger partial charge in [0.25, 0.3) is 0 Å². The number of benzene rings is 1. The summed E-state index contributed by atoms with van der Waals surface area (Å²) >= 11 is 0. The molecule has 0 heterocycles. The molecule has 0 aliphatic heterocycles. The van der Waals surface area contributed by atoms with Crippen molar-refractivity contribution in [1.82, 2.24) is 5.32 Å². The Morgan fingerprint density at radius 1 is 1.29 bits per heavy atom. The average Bonchev–Trinajstić information content (AvgIpc) is 2.25. The van der Waals surface area contributed by atoms with Crippen LogP contribution in [0.2, 0.25) is 0 Å². The Kier molecular flexibility index (Phi) is 3.85. The maximum absolute atomic E-state index is 11.5. The minimum absolute atomic E-state index is 0.144. The van der Waals surface area contributed by atoms with Gasteiger partial charge in [0, 0.05) is 17.9 Å². The van der Waals surface area contributed by atoms with E-state index in [9.17, 15) is 4.79 Å². The molecule has 0 saturated heterocycles. The van der Waals surface area contributed by atoms with Crippen molar-refractivity contribution in [1.29, 1.82) is 0 Å². The third-order valence-electron chi connectivity index (χ3n) is 3.23. The molecule has 0 aromatic heterocycles. The molecule has 0 bridgehead atoms. The molecule has 2 amide bonds. The van der Waals surface area contributed by atoms with Gasteiger partial charge in [-0.15, -0.1) is 0 Å². The van der Waals surface area contributed by atoms with Crippen LogP contribution in [0.15, 0.2) is 24.3 Å². The van der Waals surface area contributed by atoms with Crippen molar-refractivity contribution in [2.24, 2.45) is 5.92 Å². The molecule has 92 valence electrons. The van der Waals surface area contributed by atoms with Gasteiger partial charge < -0.3 is 16.4 Å². The van der Waals surface area contributed by atoms with Crippen LogP contribution in [0, 0.1) is 5.92 Å². The Labute approximate surface area is 102 Å². The lowest BCUT2D eigenvalue weighted by Gasteiger charge is -2.25. The van der Waals surface area contributed by atoms with E-state index in [4.69, 9.17) is 5.73 Å². The number of anilines is 2. The maximum Gasteiger partial charge on any atom is 0.319 e. The van der Waals surface area contributed by atoms with Gasteiger partial charge in [-0.2, -0.15) is 0 Å². The van der Waals surface area contributed by atoms with Gasteiger partial charge in [0.05, 0.1) is 0 Å². The fourth-order valence-electron chi connectivity index (χ4n) is 1.91. The van der Waals surface area contributed by atoms with Crippen LogP contribution in [-0.2, 0) is 0 Å². The van der Waals surface area contributed by atoms with Crippen molar-refractivity contribution in [3.05, 3.63) is 24.3 Å². The van der Waals surface area contributed by atoms with Crippen molar-refractivity contribution in [3.8, 4) is 0 Å². The van der Waals surface area contributed by atoms with Crippen LogP contribution in [0.3, 0.4) is 0 Å². The molecule has 1 saturated carbocycles. The standard InChI is InChI=1S/C13H19N3O/c14-11-4-6-12(7-5-11)16-13(17)15-9-8-10-2-1-3-10/h4-7,10H,1-3,8-9,14H2,(H2,15,16,17). The summed E-state index contributed by atoms with van der Waals surface area (Å²) in [7, 11) is 0. The molecule has 1 aromatic carbocycles. The number of nitrogen functional groups attached to an aromatic ring is 1. The van der Waals surface area contributed by atoms with Crippen LogP contribution < -0.4 is 16.4 Å². The van der Waals surface area contributed by atoms with Crippen LogP contribution in [-0.4, -0.2) is 12.6 Å². The number of rotatable bonds is 4. The van der Waals surface area contributed by atoms with Crippen LogP contribution in [0.1, 0.15) is 25.7 Å². The van der Waals surface area contributed by atoms with E-state index in [1.165, 1.54) is 19.3 Å². The highest BCUT2D eigenvalue weighted by Gasteiger charge is 2.16. The molecule has 0 atom stereocenters. The number of nitrogens with one attached hydrogen (secondary N) is 2. The second-order valence-electron chi connectivity index (χ2n) is 4.59. The van der Waals surface area contributed by atoms with E-state index >= 15 is 0 Å². The first-order valence-electron chi connectivity index (χ1n) is 6.14. The number of carbonyl (C=O) groups excluding carboxylic acids is 1. The molecule has 1 aromatic rings. The average molecular weight is 233 g/mol. The molecular formula is C13H19N3O. The van der Waals surface area contributed by atoms with E-state index in [0.29, 0.717) is 5.69 Å². The largest absolute Gasteiger partial charge is 0.399 e. The molecular weight excluding hydrogens is 214 g/mol. The number of urea groups is 1. The number of nitrogens with two attached hydrogens (primary N) is 1. The monoisotopic (exact) mass is 233 g/mol. The molecule has 17 heavy (non-hydrogen) atoms. The highest BCUT2D eigenvalue weighted by Crippen LogP contribution is 2.28. The van der Waals surface area contributed by atoms with Gasteiger partial charge in [-0.25, -0.2) is 4.79 Å². The zero-order chi connectivity index (χ0) is 12.1. The highest BCUT2D eigenvalue weighted by molar-refractivity contribution is 5.89. The van der Waals surface area contributed by atoms with Crippen LogP contribution in [0.5, 0.6) is 0 Å². The second-order valence-corrected chi connectivity index (χ2v) is 4.59. The predicted molar refractivity (Wildman–Crippen MR) is 69.8 cm³/mol. The van der Waals surface area contributed by atoms with Crippen molar-refractivity contribution in [2.75, 3.05) is 17.6 Å². The van der Waals surface area contributed by atoms with Crippen LogP contribution >= 0.6 is 0 Å². The van der Waals surface area contributed by atoms with Gasteiger partial charge in [-0.1, -0.05) is 19.3 Å². The van der Waals surface area contributed by atoms with Crippen molar-refractivity contribution < 1.29 is 4.79 Å². The predicted octanol–water partition coefficient (Wildman–Crippen LogP) is 2.58. The van der Waals surface area contributed by atoms with Crippen molar-refractivity contribution in [3.63, 3.8) is 0 Å². The Balaban J connectivity index is 1.67. The van der Waals surface area contributed by atoms with E-state index in [-0.39, 0.29) is 6.03 Å². The topological polar surface area (TPSA) is 67.1 Å². The number of hydrogen-bond acceptors (Lipinski definition) is 2. The first-order valence-corrected chi connectivity index (χ1v) is 6.14. The number of carbonyl (C=O) groups is 1. The molecule has 1 aliphatic rings. The summed E-state index contributed by atoms with van der Waals surface area (Å²) in [5, 5.41) is 5.64. The summed E-state index contributed by atoms with van der Waals surface area (Å²) in [5.41, 5.74) is 7.02. The zero-order valence-electron chi connectivity index (χ0n) is 9.91. The van der Waals surface area contributed by atoms with Gasteiger partial charge >= 0.3 is 6.03 Å². The van der Waals surface area contributed by atoms with Crippen molar-refractivity contribution in [2.45, 2.75) is 25.7 Å². The van der Waals surface area contributed by atoms with Crippen LogP contribution in [0.4, 0.5) is 16.2 Å². The molecule has 0 radical (unpaired) electrons. The second kappa shape index (κ2) is 5.57. The zero-order valence-corrected chi connectivity index (χ0v) is 9.91. The number of amides is 2. The summed E-state index contributed by atoms with van der Waals surface area (Å²) in [6.45, 7) is 0.755. The molecule has 0 unspecified atom stereocenters. The summed E-state index contributed by atoms with van der Waals surface area (Å²) in [6.07, 6.45) is 5.08. The third-order valence-corrected chi connectivity index (χ3v) is 3.23. The Morgan fingerprint density at radius 2 is 2.00 bits per heavy atom. The van der Waals surface area contributed by atoms with E-state index in [2.05, 4.69) is 10.6 Å². The van der Waals surface area contributed by atoms with Gasteiger partial charge in [-0.3, -0.25) is 0 Å². The lowest BCUT2D eigenvalue weighted by Crippen LogP contribution is -2.31. The Morgan fingerprint density at radius 3 is 2.59 bits per heavy atom. The molecule has 4 heteroatoms. The highest BCUT2D eigenvalue weighted by atomic mass is 16.2. The first-order chi connectivity index (χ1) is 8.24. The van der Waals surface area contributed by atoms with E-state index < -0.39 is 0 Å². The normalized spacial score (nSPS) is 15.1. The smallest absolute Gasteiger partial charge is 0.319 e. The molecule has 2 rings (SSSR count). The van der Waals surface area contributed by atoms with E-state index in [0.717, 1.165) is 24.6 Å². The molecule has 4 N–H and O–H groups in total. The lowest BCUT2D eigenvalue weighted by molar-refractivity contribution is 0.247. The third kappa shape index (κ3) is 3.66. The van der Waals surface area contributed by atoms with Gasteiger partial charge in [-0.05, 0) is 36.6 Å². The maximum atomic E-state index is 11.5. The molecule has 0 spiro atoms. The van der Waals surface area contributed by atoms with E-state index in [1.54, 1.807) is 24.3 Å². The van der Waals surface area contributed by atoms with Gasteiger partial charge in [0.15, 0.2) is 0 Å². The Hall–Kier alpha value is -1.71. The van der Waals surface area contributed by atoms with Crippen molar-refractivity contribution >= 4 is 17.4 Å². The minimum atomic E-state index is -0.144. The van der Waals surface area contributed by atoms with Gasteiger partial charge in [0.1, 0.15) is 0 Å². The van der Waals surface area contributed by atoms with E-state index in [1.807, 2.05) is 0 Å². The summed E-state index contributed by atoms with van der Waals surface area (Å²) < 4.78 is 0. The SMILES string of the molecule is Nc1ccc(NC(=O)NCCC2CCC2)cc1. The molecule has 1 aliphatic carbocycles. The Bertz CT molecular complexity index is 371. The fraction of sp³-hybridized carbons (Fsp3) is 0.462.